The van der Waals surface area contributed by atoms with Crippen LogP contribution in [0, 0.1) is 0 Å². The van der Waals surface area contributed by atoms with E-state index in [1.54, 1.807) is 11.3 Å². The minimum atomic E-state index is 0.0443. The van der Waals surface area contributed by atoms with Crippen LogP contribution in [0.3, 0.4) is 0 Å². The van der Waals surface area contributed by atoms with Crippen LogP contribution in [0.4, 0.5) is 0 Å². The summed E-state index contributed by atoms with van der Waals surface area (Å²) in [5.41, 5.74) is 1.62. The fourth-order valence-corrected chi connectivity index (χ4v) is 4.97. The zero-order valence-corrected chi connectivity index (χ0v) is 19.0. The summed E-state index contributed by atoms with van der Waals surface area (Å²) in [5, 5.41) is 7.23. The van der Waals surface area contributed by atoms with E-state index in [0.717, 1.165) is 34.2 Å². The topological polar surface area (TPSA) is 68.5 Å². The van der Waals surface area contributed by atoms with Crippen molar-refractivity contribution in [1.82, 2.24) is 15.0 Å². The molecule has 3 heterocycles. The lowest BCUT2D eigenvalue weighted by Gasteiger charge is -2.30. The minimum Gasteiger partial charge on any atom is -0.490 e. The molecule has 0 bridgehead atoms. The number of aromatic nitrogens is 2. The van der Waals surface area contributed by atoms with Gasteiger partial charge in [0.2, 0.25) is 11.7 Å². The molecule has 0 spiro atoms. The van der Waals surface area contributed by atoms with E-state index in [1.165, 1.54) is 0 Å². The van der Waals surface area contributed by atoms with Crippen molar-refractivity contribution in [2.75, 3.05) is 13.1 Å². The summed E-state index contributed by atoms with van der Waals surface area (Å²) < 4.78 is 12.6. The van der Waals surface area contributed by atoms with Gasteiger partial charge in [-0.25, -0.2) is 0 Å². The second kappa shape index (κ2) is 8.74. The number of hydrogen-bond donors (Lipinski definition) is 0. The van der Waals surface area contributed by atoms with E-state index in [4.69, 9.17) is 9.26 Å². The number of carbonyl (C=O) groups excluding carboxylic acids is 1. The molecule has 2 aromatic carbocycles. The van der Waals surface area contributed by atoms with Crippen LogP contribution in [0.1, 0.15) is 48.9 Å². The Hall–Kier alpha value is -3.19. The van der Waals surface area contributed by atoms with Crippen LogP contribution in [0.15, 0.2) is 58.4 Å². The number of piperidine rings is 1. The predicted octanol–water partition coefficient (Wildman–Crippen LogP) is 5.76. The number of fused-ring (bicyclic) bond motifs is 1. The molecule has 2 aromatic heterocycles. The van der Waals surface area contributed by atoms with Crippen LogP contribution in [0.25, 0.3) is 21.5 Å². The summed E-state index contributed by atoms with van der Waals surface area (Å²) in [4.78, 5) is 19.8. The number of hydrogen-bond acceptors (Lipinski definition) is 6. The summed E-state index contributed by atoms with van der Waals surface area (Å²) in [6.07, 6.45) is 1.66. The molecule has 32 heavy (non-hydrogen) atoms. The summed E-state index contributed by atoms with van der Waals surface area (Å²) in [6, 6.07) is 15.7. The number of benzene rings is 2. The van der Waals surface area contributed by atoms with Gasteiger partial charge in [0.1, 0.15) is 5.75 Å². The van der Waals surface area contributed by atoms with Gasteiger partial charge in [-0.05, 0) is 50.3 Å². The number of carbonyl (C=O) groups is 1. The van der Waals surface area contributed by atoms with Crippen LogP contribution in [0.2, 0.25) is 0 Å². The van der Waals surface area contributed by atoms with E-state index in [2.05, 4.69) is 10.1 Å². The average Bonchev–Trinajstić information content (AvgIpc) is 3.49. The molecule has 7 heteroatoms. The highest BCUT2D eigenvalue weighted by Crippen LogP contribution is 2.34. The highest BCUT2D eigenvalue weighted by molar-refractivity contribution is 7.17. The van der Waals surface area contributed by atoms with Crippen molar-refractivity contribution >= 4 is 27.3 Å². The van der Waals surface area contributed by atoms with Crippen molar-refractivity contribution < 1.29 is 14.1 Å². The van der Waals surface area contributed by atoms with Crippen molar-refractivity contribution in [2.45, 2.75) is 38.7 Å². The summed E-state index contributed by atoms with van der Waals surface area (Å²) in [6.45, 7) is 5.32. The third kappa shape index (κ3) is 4.12. The molecule has 5 rings (SSSR count). The normalized spacial score (nSPS) is 14.9. The largest absolute Gasteiger partial charge is 0.490 e. The van der Waals surface area contributed by atoms with Crippen LogP contribution < -0.4 is 4.74 Å². The molecule has 164 valence electrons. The first-order chi connectivity index (χ1) is 15.6. The third-order valence-corrected chi connectivity index (χ3v) is 6.61. The molecule has 1 saturated heterocycles. The van der Waals surface area contributed by atoms with Gasteiger partial charge in [0.25, 0.3) is 5.91 Å². The molecule has 0 aliphatic carbocycles. The Morgan fingerprint density at radius 1 is 1.16 bits per heavy atom. The van der Waals surface area contributed by atoms with Crippen molar-refractivity contribution in [3.63, 3.8) is 0 Å². The van der Waals surface area contributed by atoms with Gasteiger partial charge < -0.3 is 14.2 Å². The van der Waals surface area contributed by atoms with Gasteiger partial charge in [0.15, 0.2) is 0 Å². The number of ether oxygens (including phenoxy) is 1. The van der Waals surface area contributed by atoms with Crippen molar-refractivity contribution in [3.8, 4) is 17.1 Å². The van der Waals surface area contributed by atoms with Gasteiger partial charge in [0, 0.05) is 40.2 Å². The quantitative estimate of drug-likeness (QED) is 0.389. The van der Waals surface area contributed by atoms with Crippen LogP contribution in [-0.2, 0) is 0 Å². The van der Waals surface area contributed by atoms with E-state index in [-0.39, 0.29) is 17.9 Å². The standard InChI is InChI=1S/C25H25N3O3S/c1-16(2)30-21-14-19(15-22-20(21)10-13-32-22)25(29)28-11-8-18(9-12-28)24-26-23(27-31-24)17-6-4-3-5-7-17/h3-7,10,13-16,18H,8-9,11-12H2,1-2H3. The Balaban J connectivity index is 1.28. The first kappa shape index (κ1) is 20.7. The van der Waals surface area contributed by atoms with Crippen LogP contribution >= 0.6 is 11.3 Å². The first-order valence-corrected chi connectivity index (χ1v) is 11.8. The summed E-state index contributed by atoms with van der Waals surface area (Å²) >= 11 is 1.63. The van der Waals surface area contributed by atoms with E-state index in [9.17, 15) is 4.79 Å². The van der Waals surface area contributed by atoms with Gasteiger partial charge in [-0.15, -0.1) is 11.3 Å². The van der Waals surface area contributed by atoms with E-state index in [1.807, 2.05) is 72.7 Å². The van der Waals surface area contributed by atoms with Gasteiger partial charge in [-0.2, -0.15) is 4.98 Å². The molecule has 0 atom stereocenters. The minimum absolute atomic E-state index is 0.0443. The van der Waals surface area contributed by atoms with Gasteiger partial charge in [-0.3, -0.25) is 4.79 Å². The van der Waals surface area contributed by atoms with Crippen LogP contribution in [-0.4, -0.2) is 40.1 Å². The van der Waals surface area contributed by atoms with Crippen molar-refractivity contribution in [2.24, 2.45) is 0 Å². The molecule has 1 aliphatic heterocycles. The van der Waals surface area contributed by atoms with Crippen LogP contribution in [0.5, 0.6) is 5.75 Å². The average molecular weight is 448 g/mol. The first-order valence-electron chi connectivity index (χ1n) is 10.9. The molecule has 1 fully saturated rings. The Morgan fingerprint density at radius 3 is 2.69 bits per heavy atom. The zero-order chi connectivity index (χ0) is 22.1. The Morgan fingerprint density at radius 2 is 1.94 bits per heavy atom. The molecule has 4 aromatic rings. The van der Waals surface area contributed by atoms with E-state index < -0.39 is 0 Å². The highest BCUT2D eigenvalue weighted by Gasteiger charge is 2.28. The fourth-order valence-electron chi connectivity index (χ4n) is 4.13. The number of nitrogens with zero attached hydrogens (tertiary/aromatic N) is 3. The zero-order valence-electron chi connectivity index (χ0n) is 18.2. The maximum atomic E-state index is 13.3. The molecule has 0 radical (unpaired) electrons. The smallest absolute Gasteiger partial charge is 0.254 e. The predicted molar refractivity (Wildman–Crippen MR) is 125 cm³/mol. The monoisotopic (exact) mass is 447 g/mol. The number of likely N-dealkylation sites (tertiary alicyclic amines) is 1. The van der Waals surface area contributed by atoms with Crippen molar-refractivity contribution in [3.05, 3.63) is 65.4 Å². The second-order valence-corrected chi connectivity index (χ2v) is 9.31. The summed E-state index contributed by atoms with van der Waals surface area (Å²) in [5.74, 6) is 2.26. The van der Waals surface area contributed by atoms with Gasteiger partial charge in [0.05, 0.1) is 6.10 Å². The summed E-state index contributed by atoms with van der Waals surface area (Å²) in [7, 11) is 0. The Bertz CT molecular complexity index is 1220. The Kier molecular flexibility index (Phi) is 5.66. The molecule has 0 saturated carbocycles. The maximum Gasteiger partial charge on any atom is 0.254 e. The Labute approximate surface area is 190 Å². The number of thiophene rings is 1. The van der Waals surface area contributed by atoms with E-state index >= 15 is 0 Å². The molecule has 6 nitrogen and oxygen atoms in total. The molecule has 1 amide bonds. The molecular formula is C25H25N3O3S. The molecular weight excluding hydrogens is 422 g/mol. The molecule has 0 N–H and O–H groups in total. The number of amides is 1. The van der Waals surface area contributed by atoms with E-state index in [0.29, 0.717) is 30.4 Å². The lowest BCUT2D eigenvalue weighted by atomic mass is 9.96. The van der Waals surface area contributed by atoms with Gasteiger partial charge >= 0.3 is 0 Å². The second-order valence-electron chi connectivity index (χ2n) is 8.36. The third-order valence-electron chi connectivity index (χ3n) is 5.75. The molecule has 1 aliphatic rings. The maximum absolute atomic E-state index is 13.3. The SMILES string of the molecule is CC(C)Oc1cc(C(=O)N2CCC(c3nc(-c4ccccc4)no3)CC2)cc2sccc12. The lowest BCUT2D eigenvalue weighted by Crippen LogP contribution is -2.38. The van der Waals surface area contributed by atoms with Gasteiger partial charge in [-0.1, -0.05) is 35.5 Å². The lowest BCUT2D eigenvalue weighted by molar-refractivity contribution is 0.0704. The van der Waals surface area contributed by atoms with Crippen molar-refractivity contribution in [1.29, 1.82) is 0 Å². The molecule has 0 unspecified atom stereocenters. The number of rotatable bonds is 5. The fraction of sp³-hybridized carbons (Fsp3) is 0.320. The highest BCUT2D eigenvalue weighted by atomic mass is 32.1.